The summed E-state index contributed by atoms with van der Waals surface area (Å²) in [6.45, 7) is 4.05. The number of phenols is 1. The van der Waals surface area contributed by atoms with Gasteiger partial charge in [0.2, 0.25) is 17.7 Å². The number of aliphatic hydroxyl groups is 1. The molecule has 0 saturated carbocycles. The van der Waals surface area contributed by atoms with Crippen LogP contribution in [0, 0.1) is 0 Å². The molecule has 3 fully saturated rings. The number of ether oxygens (including phenoxy) is 1. The third-order valence-electron chi connectivity index (χ3n) is 12.9. The lowest BCUT2D eigenvalue weighted by Crippen LogP contribution is -2.58. The van der Waals surface area contributed by atoms with Gasteiger partial charge in [-0.15, -0.1) is 10.2 Å². The number of hydrogen-bond acceptors (Lipinski definition) is 15. The van der Waals surface area contributed by atoms with E-state index in [1.165, 1.54) is 0 Å². The molecule has 3 aromatic rings. The number of carbonyl (C=O) groups excluding carboxylic acids is 4. The molecule has 64 heavy (non-hydrogen) atoms. The Morgan fingerprint density at radius 2 is 1.69 bits per heavy atom. The first-order chi connectivity index (χ1) is 30.9. The molecule has 10 N–H and O–H groups in total. The van der Waals surface area contributed by atoms with E-state index >= 15 is 0 Å². The maximum Gasteiger partial charge on any atom is 0.259 e. The van der Waals surface area contributed by atoms with Gasteiger partial charge in [-0.2, -0.15) is 0 Å². The smallest absolute Gasteiger partial charge is 0.259 e. The summed E-state index contributed by atoms with van der Waals surface area (Å²) in [7, 11) is 0. The van der Waals surface area contributed by atoms with Crippen molar-refractivity contribution in [2.45, 2.75) is 108 Å². The summed E-state index contributed by atoms with van der Waals surface area (Å²) in [4.78, 5) is 56.1. The number of morpholine rings is 1. The monoisotopic (exact) mass is 881 g/mol. The second-order valence-corrected chi connectivity index (χ2v) is 17.4. The van der Waals surface area contributed by atoms with E-state index in [0.717, 1.165) is 81.2 Å². The van der Waals surface area contributed by atoms with Crippen molar-refractivity contribution < 1.29 is 34.1 Å². The van der Waals surface area contributed by atoms with Gasteiger partial charge in [-0.25, -0.2) is 5.84 Å². The number of rotatable bonds is 19. The van der Waals surface area contributed by atoms with Crippen LogP contribution in [0.5, 0.6) is 5.75 Å². The van der Waals surface area contributed by atoms with Crippen molar-refractivity contribution in [3.05, 3.63) is 71.6 Å². The number of hydrazine groups is 1. The number of aliphatic hydroxyl groups excluding tert-OH is 1. The normalized spacial score (nSPS) is 19.8. The van der Waals surface area contributed by atoms with Gasteiger partial charge >= 0.3 is 0 Å². The highest BCUT2D eigenvalue weighted by molar-refractivity contribution is 6.08. The molecule has 2 unspecified atom stereocenters. The zero-order valence-electron chi connectivity index (χ0n) is 36.6. The van der Waals surface area contributed by atoms with Crippen molar-refractivity contribution in [1.82, 2.24) is 30.3 Å². The van der Waals surface area contributed by atoms with E-state index in [0.29, 0.717) is 79.8 Å². The van der Waals surface area contributed by atoms with Gasteiger partial charge in [0.1, 0.15) is 11.8 Å². The van der Waals surface area contributed by atoms with Gasteiger partial charge in [-0.05, 0) is 56.4 Å². The minimum atomic E-state index is -1.30. The first kappa shape index (κ1) is 46.0. The van der Waals surface area contributed by atoms with Crippen molar-refractivity contribution in [3.8, 4) is 17.0 Å². The maximum atomic E-state index is 13.4. The average Bonchev–Trinajstić information content (AvgIpc) is 3.54. The summed E-state index contributed by atoms with van der Waals surface area (Å²) < 4.78 is 6.34. The van der Waals surface area contributed by atoms with E-state index in [-0.39, 0.29) is 42.2 Å². The highest BCUT2D eigenvalue weighted by atomic mass is 16.5. The number of unbranched alkanes of at least 4 members (excludes halogenated alkanes) is 8. The van der Waals surface area contributed by atoms with E-state index in [1.807, 2.05) is 17.0 Å². The molecule has 5 heterocycles. The summed E-state index contributed by atoms with van der Waals surface area (Å²) >= 11 is 0. The second-order valence-electron chi connectivity index (χ2n) is 17.4. The molecule has 2 atom stereocenters. The first-order valence-electron chi connectivity index (χ1n) is 22.7. The molecule has 0 bridgehead atoms. The number of phenolic OH excluding ortho intramolecular Hbond substituents is 1. The quantitative estimate of drug-likeness (QED) is 0.0390. The second kappa shape index (κ2) is 21.1. The number of anilines is 3. The van der Waals surface area contributed by atoms with Gasteiger partial charge in [0, 0.05) is 74.3 Å². The number of hydrogen-bond donors (Lipinski definition) is 7. The fourth-order valence-corrected chi connectivity index (χ4v) is 9.29. The molecule has 344 valence electrons. The Labute approximate surface area is 374 Å². The van der Waals surface area contributed by atoms with Crippen LogP contribution in [0.1, 0.15) is 112 Å². The van der Waals surface area contributed by atoms with Crippen molar-refractivity contribution in [3.63, 3.8) is 0 Å². The van der Waals surface area contributed by atoms with Gasteiger partial charge in [0.25, 0.3) is 5.91 Å². The predicted molar refractivity (Wildman–Crippen MR) is 242 cm³/mol. The SMILES string of the molecule is N/C(=C\N(N)CCCCCCCCCCCC(=O)N1CCOC2(CCN(c3cc(-c4ccccc4O)nnc3N)CC2)C1)CNc1cccc2c1C(=O)N(C1CCC(=O)NC1=O)C2O. The molecule has 2 aromatic carbocycles. The Morgan fingerprint density at radius 3 is 2.42 bits per heavy atom. The zero-order chi connectivity index (χ0) is 45.2. The third kappa shape index (κ3) is 11.0. The van der Waals surface area contributed by atoms with Crippen LogP contribution in [0.15, 0.2) is 60.4 Å². The molecule has 4 amide bonds. The number of nitrogen functional groups attached to an aromatic ring is 1. The first-order valence-corrected chi connectivity index (χ1v) is 22.7. The molecular formula is C46H63N11O7. The predicted octanol–water partition coefficient (Wildman–Crippen LogP) is 3.87. The summed E-state index contributed by atoms with van der Waals surface area (Å²) in [6.07, 6.45) is 12.3. The van der Waals surface area contributed by atoms with Crippen LogP contribution < -0.4 is 32.8 Å². The Balaban J connectivity index is 0.729. The lowest BCUT2D eigenvalue weighted by Gasteiger charge is -2.47. The number of nitrogens with zero attached hydrogens (tertiary/aromatic N) is 6. The molecule has 0 aliphatic carbocycles. The van der Waals surface area contributed by atoms with Crippen LogP contribution in [0.25, 0.3) is 11.3 Å². The summed E-state index contributed by atoms with van der Waals surface area (Å²) in [6, 6.07) is 13.1. The van der Waals surface area contributed by atoms with Crippen LogP contribution >= 0.6 is 0 Å². The van der Waals surface area contributed by atoms with Gasteiger partial charge in [0.05, 0.1) is 35.7 Å². The van der Waals surface area contributed by atoms with Crippen molar-refractivity contribution in [2.75, 3.05) is 61.8 Å². The van der Waals surface area contributed by atoms with Gasteiger partial charge in [-0.3, -0.25) is 29.4 Å². The number of fused-ring (bicyclic) bond motifs is 1. The summed E-state index contributed by atoms with van der Waals surface area (Å²) in [5.74, 6) is 5.42. The van der Waals surface area contributed by atoms with Crippen molar-refractivity contribution in [2.24, 2.45) is 11.6 Å². The maximum absolute atomic E-state index is 13.4. The minimum absolute atomic E-state index is 0.0924. The fraction of sp³-hybridized carbons (Fsp3) is 0.522. The third-order valence-corrected chi connectivity index (χ3v) is 12.9. The number of aromatic nitrogens is 2. The molecular weight excluding hydrogens is 819 g/mol. The van der Waals surface area contributed by atoms with Crippen LogP contribution in [-0.4, -0.2) is 116 Å². The van der Waals surface area contributed by atoms with Crippen LogP contribution in [0.3, 0.4) is 0 Å². The van der Waals surface area contributed by atoms with E-state index in [9.17, 15) is 29.4 Å². The van der Waals surface area contributed by atoms with E-state index < -0.39 is 30.0 Å². The number of imide groups is 1. The van der Waals surface area contributed by atoms with Crippen molar-refractivity contribution in [1.29, 1.82) is 0 Å². The Bertz CT molecular complexity index is 2180. The van der Waals surface area contributed by atoms with E-state index in [1.54, 1.807) is 47.6 Å². The fourth-order valence-electron chi connectivity index (χ4n) is 9.29. The Hall–Kier alpha value is -5.98. The van der Waals surface area contributed by atoms with Crippen LogP contribution in [0.2, 0.25) is 0 Å². The number of benzene rings is 2. The van der Waals surface area contributed by atoms with E-state index in [2.05, 4.69) is 25.7 Å². The van der Waals surface area contributed by atoms with E-state index in [4.69, 9.17) is 22.0 Å². The van der Waals surface area contributed by atoms with Gasteiger partial charge < -0.3 is 46.5 Å². The summed E-state index contributed by atoms with van der Waals surface area (Å²) in [5, 5.41) is 36.6. The number of carbonyl (C=O) groups is 4. The standard InChI is InChI=1S/C46H63N11O7/c47-31(28-50-34-15-12-14-33-41(34)45(63)57(44(33)62)36-18-19-39(59)51-43(36)61)29-56(49)22-11-7-5-3-1-2-4-6-8-17-40(60)55-25-26-64-46(30-55)20-23-54(24-21-46)37-27-35(52-53-42(37)48)32-13-9-10-16-38(32)58/h9-10,12-16,27,29,36,44,50,58,62H,1-8,11,17-26,28,30,47,49H2,(H2,48,53)(H,51,59,61)/b31-29-. The summed E-state index contributed by atoms with van der Waals surface area (Å²) in [5.41, 5.74) is 15.7. The Morgan fingerprint density at radius 1 is 0.969 bits per heavy atom. The highest BCUT2D eigenvalue weighted by Crippen LogP contribution is 2.39. The molecule has 18 heteroatoms. The minimum Gasteiger partial charge on any atom is -0.507 e. The van der Waals surface area contributed by atoms with Gasteiger partial charge in [-0.1, -0.05) is 69.2 Å². The number of aromatic hydroxyl groups is 1. The average molecular weight is 882 g/mol. The molecule has 18 nitrogen and oxygen atoms in total. The van der Waals surface area contributed by atoms with Crippen molar-refractivity contribution >= 4 is 40.8 Å². The molecule has 1 aromatic heterocycles. The lowest BCUT2D eigenvalue weighted by atomic mass is 9.89. The molecule has 0 radical (unpaired) electrons. The number of amides is 4. The van der Waals surface area contributed by atoms with Crippen LogP contribution in [-0.2, 0) is 19.1 Å². The van der Waals surface area contributed by atoms with Crippen LogP contribution in [0.4, 0.5) is 17.2 Å². The van der Waals surface area contributed by atoms with Gasteiger partial charge in [0.15, 0.2) is 12.0 Å². The molecule has 4 aliphatic rings. The largest absolute Gasteiger partial charge is 0.507 e. The molecule has 3 saturated heterocycles. The zero-order valence-corrected chi connectivity index (χ0v) is 36.6. The lowest BCUT2D eigenvalue weighted by molar-refractivity contribution is -0.154. The molecule has 7 rings (SSSR count). The number of piperidine rings is 2. The molecule has 1 spiro atoms. The number of nitrogens with two attached hydrogens (primary N) is 3. The highest BCUT2D eigenvalue weighted by Gasteiger charge is 2.45. The molecule has 4 aliphatic heterocycles. The Kier molecular flexibility index (Phi) is 15.2. The number of nitrogens with one attached hydrogen (secondary N) is 2. The topological polar surface area (TPSA) is 259 Å². The number of para-hydroxylation sites is 1.